The predicted octanol–water partition coefficient (Wildman–Crippen LogP) is -0.442. The van der Waals surface area contributed by atoms with E-state index in [9.17, 15) is 4.79 Å². The number of hydrogen-bond acceptors (Lipinski definition) is 6. The van der Waals surface area contributed by atoms with Gasteiger partial charge in [-0.25, -0.2) is 4.79 Å². The number of aromatic carboxylic acids is 1. The summed E-state index contributed by atoms with van der Waals surface area (Å²) in [6.07, 6.45) is 0.601. The lowest BCUT2D eigenvalue weighted by Crippen LogP contribution is -2.45. The molecule has 94 valence electrons. The third-order valence-electron chi connectivity index (χ3n) is 2.90. The molecule has 17 heavy (non-hydrogen) atoms. The third kappa shape index (κ3) is 3.24. The first-order valence-corrected chi connectivity index (χ1v) is 5.62. The Morgan fingerprint density at radius 3 is 2.71 bits per heavy atom. The van der Waals surface area contributed by atoms with Gasteiger partial charge in [-0.3, -0.25) is 0 Å². The van der Waals surface area contributed by atoms with E-state index in [2.05, 4.69) is 27.0 Å². The first-order chi connectivity index (χ1) is 8.15. The van der Waals surface area contributed by atoms with Gasteiger partial charge in [0.15, 0.2) is 0 Å². The molecule has 0 amide bonds. The molecule has 1 saturated heterocycles. The zero-order valence-electron chi connectivity index (χ0n) is 9.80. The zero-order chi connectivity index (χ0) is 12.3. The number of hydrogen-bond donors (Lipinski definition) is 1. The summed E-state index contributed by atoms with van der Waals surface area (Å²) in [5.41, 5.74) is 0. The smallest absolute Gasteiger partial charge is 0.377 e. The number of carboxylic acids is 1. The van der Waals surface area contributed by atoms with Crippen LogP contribution in [-0.4, -0.2) is 70.8 Å². The van der Waals surface area contributed by atoms with Crippen molar-refractivity contribution in [1.29, 1.82) is 0 Å². The molecule has 0 unspecified atom stereocenters. The number of piperazine rings is 1. The summed E-state index contributed by atoms with van der Waals surface area (Å²) in [6.45, 7) is 5.00. The van der Waals surface area contributed by atoms with Gasteiger partial charge in [-0.1, -0.05) is 0 Å². The van der Waals surface area contributed by atoms with Crippen molar-refractivity contribution in [2.24, 2.45) is 0 Å². The number of likely N-dealkylation sites (N-methyl/N-ethyl adjacent to an activating group) is 1. The van der Waals surface area contributed by atoms with Gasteiger partial charge in [0.2, 0.25) is 5.89 Å². The fourth-order valence-electron chi connectivity index (χ4n) is 1.77. The van der Waals surface area contributed by atoms with E-state index in [0.29, 0.717) is 12.3 Å². The summed E-state index contributed by atoms with van der Waals surface area (Å²) in [6, 6.07) is 0. The fourth-order valence-corrected chi connectivity index (χ4v) is 1.77. The molecule has 1 aromatic heterocycles. The molecule has 0 atom stereocenters. The summed E-state index contributed by atoms with van der Waals surface area (Å²) >= 11 is 0. The van der Waals surface area contributed by atoms with Crippen molar-refractivity contribution >= 4 is 5.97 Å². The van der Waals surface area contributed by atoms with Gasteiger partial charge in [0.05, 0.1) is 0 Å². The van der Waals surface area contributed by atoms with E-state index in [0.717, 1.165) is 32.7 Å². The highest BCUT2D eigenvalue weighted by Gasteiger charge is 2.16. The summed E-state index contributed by atoms with van der Waals surface area (Å²) in [4.78, 5) is 18.9. The Balaban J connectivity index is 1.79. The van der Waals surface area contributed by atoms with Crippen molar-refractivity contribution in [3.8, 4) is 0 Å². The van der Waals surface area contributed by atoms with Crippen LogP contribution in [0.2, 0.25) is 0 Å². The number of carbonyl (C=O) groups is 1. The highest BCUT2D eigenvalue weighted by atomic mass is 16.5. The molecule has 1 aromatic rings. The van der Waals surface area contributed by atoms with Crippen LogP contribution in [0.5, 0.6) is 0 Å². The van der Waals surface area contributed by atoms with Crippen LogP contribution >= 0.6 is 0 Å². The first-order valence-electron chi connectivity index (χ1n) is 5.62. The Morgan fingerprint density at radius 2 is 2.12 bits per heavy atom. The predicted molar refractivity (Wildman–Crippen MR) is 58.9 cm³/mol. The van der Waals surface area contributed by atoms with Gasteiger partial charge in [0, 0.05) is 39.1 Å². The summed E-state index contributed by atoms with van der Waals surface area (Å²) < 4.78 is 4.86. The lowest BCUT2D eigenvalue weighted by molar-refractivity contribution is 0.0680. The highest BCUT2D eigenvalue weighted by molar-refractivity contribution is 5.82. The second-order valence-corrected chi connectivity index (χ2v) is 4.21. The number of carboxylic acid groups (broad SMARTS) is 1. The molecular formula is C10H16N4O3. The van der Waals surface area contributed by atoms with Crippen molar-refractivity contribution in [1.82, 2.24) is 19.9 Å². The minimum atomic E-state index is -1.15. The molecular weight excluding hydrogens is 224 g/mol. The lowest BCUT2D eigenvalue weighted by Gasteiger charge is -2.31. The van der Waals surface area contributed by atoms with E-state index in [4.69, 9.17) is 9.63 Å². The van der Waals surface area contributed by atoms with Crippen molar-refractivity contribution in [3.63, 3.8) is 0 Å². The van der Waals surface area contributed by atoms with Crippen LogP contribution in [-0.2, 0) is 6.42 Å². The Morgan fingerprint density at radius 1 is 1.41 bits per heavy atom. The fraction of sp³-hybridized carbons (Fsp3) is 0.700. The largest absolute Gasteiger partial charge is 0.475 e. The van der Waals surface area contributed by atoms with Crippen LogP contribution < -0.4 is 0 Å². The van der Waals surface area contributed by atoms with Gasteiger partial charge in [0.1, 0.15) is 0 Å². The van der Waals surface area contributed by atoms with Crippen molar-refractivity contribution in [2.75, 3.05) is 39.8 Å². The second-order valence-electron chi connectivity index (χ2n) is 4.21. The normalized spacial score (nSPS) is 18.4. The van der Waals surface area contributed by atoms with E-state index >= 15 is 0 Å². The number of rotatable bonds is 4. The van der Waals surface area contributed by atoms with Gasteiger partial charge in [-0.2, -0.15) is 4.98 Å². The first kappa shape index (κ1) is 12.0. The van der Waals surface area contributed by atoms with Gasteiger partial charge < -0.3 is 19.4 Å². The average molecular weight is 240 g/mol. The van der Waals surface area contributed by atoms with Crippen LogP contribution in [0.25, 0.3) is 0 Å². The standard InChI is InChI=1S/C10H16N4O3/c1-13-4-6-14(7-5-13)3-2-8-11-9(10(15)16)12-17-8/h2-7H2,1H3,(H,15,16). The Labute approximate surface area is 99.0 Å². The molecule has 0 radical (unpaired) electrons. The monoisotopic (exact) mass is 240 g/mol. The van der Waals surface area contributed by atoms with E-state index in [1.54, 1.807) is 0 Å². The van der Waals surface area contributed by atoms with Gasteiger partial charge in [-0.15, -0.1) is 0 Å². The molecule has 0 aliphatic carbocycles. The Kier molecular flexibility index (Phi) is 3.70. The van der Waals surface area contributed by atoms with E-state index in [-0.39, 0.29) is 5.82 Å². The van der Waals surface area contributed by atoms with Crippen LogP contribution in [0.1, 0.15) is 16.5 Å². The highest BCUT2D eigenvalue weighted by Crippen LogP contribution is 2.03. The van der Waals surface area contributed by atoms with Crippen LogP contribution in [0, 0.1) is 0 Å². The molecule has 0 bridgehead atoms. The van der Waals surface area contributed by atoms with Crippen molar-refractivity contribution < 1.29 is 14.4 Å². The average Bonchev–Trinajstić information content (AvgIpc) is 2.77. The molecule has 0 aromatic carbocycles. The van der Waals surface area contributed by atoms with E-state index in [1.165, 1.54) is 0 Å². The molecule has 1 N–H and O–H groups in total. The number of aromatic nitrogens is 2. The number of nitrogens with zero attached hydrogens (tertiary/aromatic N) is 4. The minimum Gasteiger partial charge on any atom is -0.475 e. The summed E-state index contributed by atoms with van der Waals surface area (Å²) in [7, 11) is 2.11. The van der Waals surface area contributed by atoms with Gasteiger partial charge in [0.25, 0.3) is 5.82 Å². The van der Waals surface area contributed by atoms with E-state index in [1.807, 2.05) is 0 Å². The molecule has 7 nitrogen and oxygen atoms in total. The van der Waals surface area contributed by atoms with Gasteiger partial charge >= 0.3 is 5.97 Å². The maximum absolute atomic E-state index is 10.6. The molecule has 2 heterocycles. The van der Waals surface area contributed by atoms with E-state index < -0.39 is 5.97 Å². The van der Waals surface area contributed by atoms with Crippen LogP contribution in [0.3, 0.4) is 0 Å². The minimum absolute atomic E-state index is 0.265. The topological polar surface area (TPSA) is 82.7 Å². The molecule has 7 heteroatoms. The molecule has 1 aliphatic rings. The third-order valence-corrected chi connectivity index (χ3v) is 2.90. The molecule has 2 rings (SSSR count). The molecule has 0 saturated carbocycles. The lowest BCUT2D eigenvalue weighted by atomic mass is 10.3. The van der Waals surface area contributed by atoms with Crippen LogP contribution in [0.15, 0.2) is 4.52 Å². The Hall–Kier alpha value is -1.47. The molecule has 1 aliphatic heterocycles. The maximum atomic E-state index is 10.6. The zero-order valence-corrected chi connectivity index (χ0v) is 9.80. The quantitative estimate of drug-likeness (QED) is 0.763. The van der Waals surface area contributed by atoms with Gasteiger partial charge in [-0.05, 0) is 12.2 Å². The van der Waals surface area contributed by atoms with Crippen LogP contribution in [0.4, 0.5) is 0 Å². The second kappa shape index (κ2) is 5.24. The summed E-state index contributed by atoms with van der Waals surface area (Å²) in [5, 5.41) is 12.0. The molecule has 0 spiro atoms. The SMILES string of the molecule is CN1CCN(CCc2nc(C(=O)O)no2)CC1. The van der Waals surface area contributed by atoms with Crippen molar-refractivity contribution in [2.45, 2.75) is 6.42 Å². The maximum Gasteiger partial charge on any atom is 0.377 e. The van der Waals surface area contributed by atoms with Crippen molar-refractivity contribution in [3.05, 3.63) is 11.7 Å². The Bertz CT molecular complexity index is 385. The summed E-state index contributed by atoms with van der Waals surface area (Å²) in [5.74, 6) is -1.03. The molecule has 1 fully saturated rings.